The number of carboxylic acids is 1. The number of sulfonamides is 1. The molecule has 2 N–H and O–H groups in total. The number of carbonyl (C=O) groups is 1. The van der Waals surface area contributed by atoms with Gasteiger partial charge in [-0.25, -0.2) is 22.6 Å². The number of rotatable bonds is 6. The molecule has 0 radical (unpaired) electrons. The maximum Gasteiger partial charge on any atom is 0.336 e. The van der Waals surface area contributed by atoms with Gasteiger partial charge in [0.05, 0.1) is 16.0 Å². The first-order chi connectivity index (χ1) is 15.3. The van der Waals surface area contributed by atoms with Crippen LogP contribution in [0.4, 0.5) is 15.9 Å². The lowest BCUT2D eigenvalue weighted by Gasteiger charge is -2.35. The van der Waals surface area contributed by atoms with Crippen LogP contribution in [0.5, 0.6) is 0 Å². The third kappa shape index (κ3) is 4.51. The molecule has 0 aliphatic carbocycles. The van der Waals surface area contributed by atoms with Crippen LogP contribution in [0.25, 0.3) is 10.9 Å². The second kappa shape index (κ2) is 8.71. The van der Waals surface area contributed by atoms with Gasteiger partial charge in [-0.3, -0.25) is 4.72 Å². The Labute approximate surface area is 185 Å². The molecule has 32 heavy (non-hydrogen) atoms. The molecule has 1 aromatic heterocycles. The highest BCUT2D eigenvalue weighted by molar-refractivity contribution is 7.92. The zero-order chi connectivity index (χ0) is 22.9. The van der Waals surface area contributed by atoms with E-state index >= 15 is 0 Å². The fourth-order valence-electron chi connectivity index (χ4n) is 3.74. The summed E-state index contributed by atoms with van der Waals surface area (Å²) < 4.78 is 40.7. The average molecular weight is 459 g/mol. The van der Waals surface area contributed by atoms with E-state index in [2.05, 4.69) is 26.4 Å². The minimum absolute atomic E-state index is 0.0470. The highest BCUT2D eigenvalue weighted by atomic mass is 32.2. The Morgan fingerprint density at radius 2 is 1.78 bits per heavy atom. The summed E-state index contributed by atoms with van der Waals surface area (Å²) >= 11 is 0. The minimum atomic E-state index is -3.96. The SMILES string of the molecule is CCN1CCN(c2cc(C(=O)O)c3cc(NS(=O)(=O)c4ccc(F)cc4)ccc3n2)CC1. The number of hydrogen-bond acceptors (Lipinski definition) is 6. The Balaban J connectivity index is 1.67. The number of anilines is 2. The number of hydrogen-bond donors (Lipinski definition) is 2. The van der Waals surface area contributed by atoms with Gasteiger partial charge in [0.15, 0.2) is 0 Å². The zero-order valence-corrected chi connectivity index (χ0v) is 18.3. The Kier molecular flexibility index (Phi) is 5.98. The summed E-state index contributed by atoms with van der Waals surface area (Å²) in [6.45, 7) is 6.33. The molecule has 3 aromatic rings. The standard InChI is InChI=1S/C22H23FN4O4S/c1-2-26-9-11-27(12-10-26)21-14-19(22(28)29)18-13-16(5-8-20(18)24-21)25-32(30,31)17-6-3-15(23)4-7-17/h3-8,13-14,25H,2,9-12H2,1H3,(H,28,29). The second-order valence-electron chi connectivity index (χ2n) is 7.55. The molecule has 2 heterocycles. The predicted molar refractivity (Wildman–Crippen MR) is 120 cm³/mol. The van der Waals surface area contributed by atoms with E-state index < -0.39 is 21.8 Å². The van der Waals surface area contributed by atoms with Crippen LogP contribution in [0.1, 0.15) is 17.3 Å². The summed E-state index contributed by atoms with van der Waals surface area (Å²) in [6, 6.07) is 10.5. The van der Waals surface area contributed by atoms with Gasteiger partial charge in [0, 0.05) is 37.3 Å². The number of fused-ring (bicyclic) bond motifs is 1. The van der Waals surface area contributed by atoms with Crippen molar-refractivity contribution in [3.05, 3.63) is 59.9 Å². The Hall–Kier alpha value is -3.24. The second-order valence-corrected chi connectivity index (χ2v) is 9.23. The number of benzene rings is 2. The van der Waals surface area contributed by atoms with Gasteiger partial charge in [-0.05, 0) is 55.1 Å². The molecule has 0 spiro atoms. The van der Waals surface area contributed by atoms with Gasteiger partial charge in [0.25, 0.3) is 10.0 Å². The summed E-state index contributed by atoms with van der Waals surface area (Å²) in [7, 11) is -3.96. The van der Waals surface area contributed by atoms with Crippen molar-refractivity contribution in [2.45, 2.75) is 11.8 Å². The molecule has 4 rings (SSSR count). The van der Waals surface area contributed by atoms with Gasteiger partial charge in [0.2, 0.25) is 0 Å². The van der Waals surface area contributed by atoms with E-state index in [-0.39, 0.29) is 16.1 Å². The summed E-state index contributed by atoms with van der Waals surface area (Å²) in [4.78, 5) is 20.9. The van der Waals surface area contributed by atoms with E-state index in [0.717, 1.165) is 57.0 Å². The third-order valence-electron chi connectivity index (χ3n) is 5.55. The van der Waals surface area contributed by atoms with Crippen LogP contribution < -0.4 is 9.62 Å². The van der Waals surface area contributed by atoms with Crippen molar-refractivity contribution in [2.75, 3.05) is 42.3 Å². The Morgan fingerprint density at radius 3 is 2.41 bits per heavy atom. The number of likely N-dealkylation sites (N-methyl/N-ethyl adjacent to an activating group) is 1. The third-order valence-corrected chi connectivity index (χ3v) is 6.94. The molecule has 8 nitrogen and oxygen atoms in total. The van der Waals surface area contributed by atoms with Gasteiger partial charge >= 0.3 is 5.97 Å². The zero-order valence-electron chi connectivity index (χ0n) is 17.5. The van der Waals surface area contributed by atoms with Crippen molar-refractivity contribution >= 4 is 38.4 Å². The normalized spacial score (nSPS) is 15.1. The molecule has 0 bridgehead atoms. The van der Waals surface area contributed by atoms with Gasteiger partial charge in [-0.2, -0.15) is 0 Å². The lowest BCUT2D eigenvalue weighted by molar-refractivity contribution is 0.0699. The van der Waals surface area contributed by atoms with Gasteiger partial charge < -0.3 is 14.9 Å². The minimum Gasteiger partial charge on any atom is -0.478 e. The fourth-order valence-corrected chi connectivity index (χ4v) is 4.78. The largest absolute Gasteiger partial charge is 0.478 e. The highest BCUT2D eigenvalue weighted by Gasteiger charge is 2.21. The number of nitrogens with one attached hydrogen (secondary N) is 1. The van der Waals surface area contributed by atoms with Crippen LogP contribution in [-0.2, 0) is 10.0 Å². The summed E-state index contributed by atoms with van der Waals surface area (Å²) in [5, 5.41) is 10.1. The number of nitrogens with zero attached hydrogens (tertiary/aromatic N) is 3. The van der Waals surface area contributed by atoms with Crippen molar-refractivity contribution in [2.24, 2.45) is 0 Å². The number of aromatic carboxylic acids is 1. The molecule has 0 amide bonds. The highest BCUT2D eigenvalue weighted by Crippen LogP contribution is 2.28. The molecule has 1 saturated heterocycles. The van der Waals surface area contributed by atoms with Crippen LogP contribution in [0.2, 0.25) is 0 Å². The number of aromatic nitrogens is 1. The number of halogens is 1. The first-order valence-corrected chi connectivity index (χ1v) is 11.7. The van der Waals surface area contributed by atoms with Crippen molar-refractivity contribution in [1.29, 1.82) is 0 Å². The Morgan fingerprint density at radius 1 is 1.09 bits per heavy atom. The smallest absolute Gasteiger partial charge is 0.336 e. The molecular formula is C22H23FN4O4S. The topological polar surface area (TPSA) is 103 Å². The van der Waals surface area contributed by atoms with Gasteiger partial charge in [-0.1, -0.05) is 6.92 Å². The van der Waals surface area contributed by atoms with Crippen LogP contribution in [0.15, 0.2) is 53.4 Å². The fraction of sp³-hybridized carbons (Fsp3) is 0.273. The Bertz CT molecular complexity index is 1260. The molecule has 10 heteroatoms. The van der Waals surface area contributed by atoms with Crippen molar-refractivity contribution in [3.63, 3.8) is 0 Å². The number of carboxylic acid groups (broad SMARTS) is 1. The molecular weight excluding hydrogens is 435 g/mol. The van der Waals surface area contributed by atoms with E-state index in [1.54, 1.807) is 6.07 Å². The van der Waals surface area contributed by atoms with Crippen LogP contribution in [-0.4, -0.2) is 62.1 Å². The first-order valence-electron chi connectivity index (χ1n) is 10.2. The van der Waals surface area contributed by atoms with E-state index in [1.807, 2.05) is 0 Å². The van der Waals surface area contributed by atoms with Gasteiger partial charge in [-0.15, -0.1) is 0 Å². The maximum atomic E-state index is 13.1. The van der Waals surface area contributed by atoms with E-state index in [1.165, 1.54) is 18.2 Å². The van der Waals surface area contributed by atoms with E-state index in [4.69, 9.17) is 0 Å². The van der Waals surface area contributed by atoms with Gasteiger partial charge in [0.1, 0.15) is 11.6 Å². The summed E-state index contributed by atoms with van der Waals surface area (Å²) in [5.74, 6) is -1.08. The molecule has 0 saturated carbocycles. The lowest BCUT2D eigenvalue weighted by atomic mass is 10.1. The average Bonchev–Trinajstić information content (AvgIpc) is 2.78. The van der Waals surface area contributed by atoms with Crippen LogP contribution in [0, 0.1) is 5.82 Å². The van der Waals surface area contributed by atoms with Crippen molar-refractivity contribution < 1.29 is 22.7 Å². The van der Waals surface area contributed by atoms with Crippen LogP contribution in [0.3, 0.4) is 0 Å². The molecule has 0 atom stereocenters. The monoisotopic (exact) mass is 458 g/mol. The molecule has 2 aromatic carbocycles. The summed E-state index contributed by atoms with van der Waals surface area (Å²) in [6.07, 6.45) is 0. The van der Waals surface area contributed by atoms with Crippen molar-refractivity contribution in [1.82, 2.24) is 9.88 Å². The quantitative estimate of drug-likeness (QED) is 0.585. The summed E-state index contributed by atoms with van der Waals surface area (Å²) in [5.41, 5.74) is 0.698. The van der Waals surface area contributed by atoms with Crippen molar-refractivity contribution in [3.8, 4) is 0 Å². The number of piperazine rings is 1. The molecule has 0 unspecified atom stereocenters. The molecule has 1 aliphatic rings. The maximum absolute atomic E-state index is 13.1. The predicted octanol–water partition coefficient (Wildman–Crippen LogP) is 3.01. The van der Waals surface area contributed by atoms with E-state index in [9.17, 15) is 22.7 Å². The van der Waals surface area contributed by atoms with Crippen LogP contribution >= 0.6 is 0 Å². The van der Waals surface area contributed by atoms with E-state index in [0.29, 0.717) is 16.7 Å². The molecule has 1 aliphatic heterocycles. The molecule has 168 valence electrons. The number of pyridine rings is 1. The molecule has 1 fully saturated rings. The lowest BCUT2D eigenvalue weighted by Crippen LogP contribution is -2.46. The first kappa shape index (κ1) is 22.0.